The third kappa shape index (κ3) is 4.34. The highest BCUT2D eigenvalue weighted by Gasteiger charge is 2.19. The summed E-state index contributed by atoms with van der Waals surface area (Å²) in [6.45, 7) is 4.27. The number of hydrogen-bond acceptors (Lipinski definition) is 7. The predicted octanol–water partition coefficient (Wildman–Crippen LogP) is 2.26. The standard InChI is InChI=1S/C17H19N5O4S/c1-3-25-16-15(12-18-17(20-16)26-4-2)21-27(23,24)14-8-6-13(7-9-14)22-11-5-10-19-22/h5-12,21H,3-4H2,1-2H3. The number of benzene rings is 1. The lowest BCUT2D eigenvalue weighted by atomic mass is 10.3. The lowest BCUT2D eigenvalue weighted by molar-refractivity contribution is 0.290. The van der Waals surface area contributed by atoms with E-state index in [-0.39, 0.29) is 22.5 Å². The normalized spacial score (nSPS) is 11.2. The Morgan fingerprint density at radius 1 is 1.11 bits per heavy atom. The van der Waals surface area contributed by atoms with E-state index in [1.807, 2.05) is 0 Å². The highest BCUT2D eigenvalue weighted by Crippen LogP contribution is 2.26. The first kappa shape index (κ1) is 18.6. The molecule has 10 heteroatoms. The minimum Gasteiger partial charge on any atom is -0.476 e. The van der Waals surface area contributed by atoms with Crippen molar-refractivity contribution in [3.8, 4) is 17.6 Å². The van der Waals surface area contributed by atoms with Gasteiger partial charge in [0.05, 0.1) is 30.0 Å². The van der Waals surface area contributed by atoms with Crippen molar-refractivity contribution in [2.24, 2.45) is 0 Å². The Hall–Kier alpha value is -3.14. The molecule has 0 bridgehead atoms. The molecule has 0 aliphatic rings. The molecule has 2 aromatic heterocycles. The number of nitrogens with zero attached hydrogens (tertiary/aromatic N) is 4. The van der Waals surface area contributed by atoms with Crippen LogP contribution in [-0.2, 0) is 10.0 Å². The first-order chi connectivity index (χ1) is 13.0. The van der Waals surface area contributed by atoms with Gasteiger partial charge in [0, 0.05) is 12.4 Å². The van der Waals surface area contributed by atoms with Crippen LogP contribution in [0.1, 0.15) is 13.8 Å². The fraction of sp³-hybridized carbons (Fsp3) is 0.235. The van der Waals surface area contributed by atoms with E-state index in [9.17, 15) is 8.42 Å². The van der Waals surface area contributed by atoms with Gasteiger partial charge in [0.15, 0.2) is 0 Å². The number of anilines is 1. The molecule has 0 radical (unpaired) electrons. The molecule has 0 spiro atoms. The highest BCUT2D eigenvalue weighted by molar-refractivity contribution is 7.92. The van der Waals surface area contributed by atoms with Crippen LogP contribution in [0.2, 0.25) is 0 Å². The number of nitrogens with one attached hydrogen (secondary N) is 1. The zero-order valence-electron chi connectivity index (χ0n) is 14.9. The Morgan fingerprint density at radius 2 is 1.85 bits per heavy atom. The van der Waals surface area contributed by atoms with E-state index >= 15 is 0 Å². The first-order valence-electron chi connectivity index (χ1n) is 8.29. The maximum atomic E-state index is 12.7. The van der Waals surface area contributed by atoms with Gasteiger partial charge >= 0.3 is 6.01 Å². The third-order valence-electron chi connectivity index (χ3n) is 3.45. The number of aromatic nitrogens is 4. The summed E-state index contributed by atoms with van der Waals surface area (Å²) in [5.74, 6) is 0.104. The molecular formula is C17H19N5O4S. The maximum Gasteiger partial charge on any atom is 0.319 e. The van der Waals surface area contributed by atoms with E-state index in [1.54, 1.807) is 49.1 Å². The monoisotopic (exact) mass is 389 g/mol. The summed E-state index contributed by atoms with van der Waals surface area (Å²) in [6.07, 6.45) is 4.74. The first-order valence-corrected chi connectivity index (χ1v) is 9.77. The molecule has 0 amide bonds. The fourth-order valence-corrected chi connectivity index (χ4v) is 3.31. The molecule has 9 nitrogen and oxygen atoms in total. The highest BCUT2D eigenvalue weighted by atomic mass is 32.2. The van der Waals surface area contributed by atoms with E-state index in [4.69, 9.17) is 9.47 Å². The molecule has 27 heavy (non-hydrogen) atoms. The number of sulfonamides is 1. The van der Waals surface area contributed by atoms with Crippen LogP contribution in [0, 0.1) is 0 Å². The van der Waals surface area contributed by atoms with E-state index in [2.05, 4.69) is 19.8 Å². The molecule has 1 aromatic carbocycles. The lowest BCUT2D eigenvalue weighted by Gasteiger charge is -2.13. The Labute approximate surface area is 157 Å². The average Bonchev–Trinajstić information content (AvgIpc) is 3.19. The van der Waals surface area contributed by atoms with Crippen LogP contribution in [0.5, 0.6) is 11.9 Å². The Balaban J connectivity index is 1.85. The Bertz CT molecular complexity index is 989. The van der Waals surface area contributed by atoms with Gasteiger partial charge in [-0.1, -0.05) is 0 Å². The van der Waals surface area contributed by atoms with Gasteiger partial charge in [0.1, 0.15) is 5.69 Å². The van der Waals surface area contributed by atoms with Crippen LogP contribution in [0.25, 0.3) is 5.69 Å². The number of ether oxygens (including phenoxy) is 2. The largest absolute Gasteiger partial charge is 0.476 e. The van der Waals surface area contributed by atoms with Gasteiger partial charge in [-0.25, -0.2) is 18.1 Å². The summed E-state index contributed by atoms with van der Waals surface area (Å²) < 4.78 is 40.1. The van der Waals surface area contributed by atoms with Crippen molar-refractivity contribution in [3.05, 3.63) is 48.9 Å². The molecular weight excluding hydrogens is 370 g/mol. The van der Waals surface area contributed by atoms with Gasteiger partial charge in [-0.3, -0.25) is 4.72 Å². The van der Waals surface area contributed by atoms with E-state index in [0.29, 0.717) is 13.2 Å². The van der Waals surface area contributed by atoms with Crippen molar-refractivity contribution >= 4 is 15.7 Å². The summed E-state index contributed by atoms with van der Waals surface area (Å²) in [5, 5.41) is 4.11. The molecule has 3 aromatic rings. The molecule has 0 saturated heterocycles. The SMILES string of the molecule is CCOc1ncc(NS(=O)(=O)c2ccc(-n3cccn3)cc2)c(OCC)n1. The summed E-state index contributed by atoms with van der Waals surface area (Å²) in [5.41, 5.74) is 0.884. The zero-order chi connectivity index (χ0) is 19.3. The van der Waals surface area contributed by atoms with Gasteiger partial charge in [0.2, 0.25) is 5.88 Å². The average molecular weight is 389 g/mol. The molecule has 2 heterocycles. The van der Waals surface area contributed by atoms with Gasteiger partial charge in [-0.2, -0.15) is 10.1 Å². The molecule has 3 rings (SSSR count). The Morgan fingerprint density at radius 3 is 2.48 bits per heavy atom. The second-order valence-electron chi connectivity index (χ2n) is 5.29. The molecule has 0 unspecified atom stereocenters. The van der Waals surface area contributed by atoms with Crippen LogP contribution < -0.4 is 14.2 Å². The minimum absolute atomic E-state index is 0.0924. The zero-order valence-corrected chi connectivity index (χ0v) is 15.7. The molecule has 0 saturated carbocycles. The van der Waals surface area contributed by atoms with Crippen LogP contribution in [-0.4, -0.2) is 41.4 Å². The van der Waals surface area contributed by atoms with Crippen molar-refractivity contribution in [2.75, 3.05) is 17.9 Å². The van der Waals surface area contributed by atoms with E-state index in [1.165, 1.54) is 18.3 Å². The molecule has 0 atom stereocenters. The van der Waals surface area contributed by atoms with Gasteiger partial charge in [0.25, 0.3) is 10.0 Å². The number of rotatable bonds is 8. The van der Waals surface area contributed by atoms with Gasteiger partial charge in [-0.05, 0) is 44.2 Å². The van der Waals surface area contributed by atoms with Crippen LogP contribution in [0.4, 0.5) is 5.69 Å². The summed E-state index contributed by atoms with van der Waals surface area (Å²) in [4.78, 5) is 8.16. The quantitative estimate of drug-likeness (QED) is 0.629. The smallest absolute Gasteiger partial charge is 0.319 e. The molecule has 142 valence electrons. The van der Waals surface area contributed by atoms with Gasteiger partial charge in [-0.15, -0.1) is 0 Å². The van der Waals surface area contributed by atoms with Crippen molar-refractivity contribution in [2.45, 2.75) is 18.7 Å². The lowest BCUT2D eigenvalue weighted by Crippen LogP contribution is -2.15. The number of hydrogen-bond donors (Lipinski definition) is 1. The van der Waals surface area contributed by atoms with Crippen LogP contribution >= 0.6 is 0 Å². The van der Waals surface area contributed by atoms with Crippen molar-refractivity contribution in [1.29, 1.82) is 0 Å². The van der Waals surface area contributed by atoms with Crippen LogP contribution in [0.15, 0.2) is 53.8 Å². The summed E-state index contributed by atoms with van der Waals surface area (Å²) >= 11 is 0. The second kappa shape index (κ2) is 8.04. The van der Waals surface area contributed by atoms with Crippen molar-refractivity contribution < 1.29 is 17.9 Å². The molecule has 0 aliphatic heterocycles. The van der Waals surface area contributed by atoms with Crippen molar-refractivity contribution in [3.63, 3.8) is 0 Å². The molecule has 1 N–H and O–H groups in total. The van der Waals surface area contributed by atoms with Crippen LogP contribution in [0.3, 0.4) is 0 Å². The Kier molecular flexibility index (Phi) is 5.55. The fourth-order valence-electron chi connectivity index (χ4n) is 2.27. The maximum absolute atomic E-state index is 12.7. The molecule has 0 fully saturated rings. The van der Waals surface area contributed by atoms with E-state index < -0.39 is 10.0 Å². The second-order valence-corrected chi connectivity index (χ2v) is 6.97. The predicted molar refractivity (Wildman–Crippen MR) is 98.7 cm³/mol. The summed E-state index contributed by atoms with van der Waals surface area (Å²) in [6, 6.07) is 8.23. The molecule has 0 aliphatic carbocycles. The topological polar surface area (TPSA) is 108 Å². The van der Waals surface area contributed by atoms with E-state index in [0.717, 1.165) is 5.69 Å². The minimum atomic E-state index is -3.85. The van der Waals surface area contributed by atoms with Gasteiger partial charge < -0.3 is 9.47 Å². The summed E-state index contributed by atoms with van der Waals surface area (Å²) in [7, 11) is -3.85. The third-order valence-corrected chi connectivity index (χ3v) is 4.83. The van der Waals surface area contributed by atoms with Crippen molar-refractivity contribution in [1.82, 2.24) is 19.7 Å².